The predicted molar refractivity (Wildman–Crippen MR) is 107 cm³/mol. The van der Waals surface area contributed by atoms with E-state index in [-0.39, 0.29) is 30.3 Å². The van der Waals surface area contributed by atoms with Gasteiger partial charge in [0.25, 0.3) is 0 Å². The number of carbonyl (C=O) groups excluding carboxylic acids is 1. The topological polar surface area (TPSA) is 76.2 Å². The molecule has 0 atom stereocenters. The van der Waals surface area contributed by atoms with Crippen molar-refractivity contribution in [1.29, 1.82) is 0 Å². The number of hydrogen-bond donors (Lipinski definition) is 0. The summed E-state index contributed by atoms with van der Waals surface area (Å²) < 4.78 is 64.2. The largest absolute Gasteiger partial charge is 0.484 e. The molecule has 0 unspecified atom stereocenters. The summed E-state index contributed by atoms with van der Waals surface area (Å²) in [5.41, 5.74) is 0.526. The number of nitrogens with zero attached hydrogens (tertiary/aromatic N) is 2. The van der Waals surface area contributed by atoms with Gasteiger partial charge in [0.2, 0.25) is 10.0 Å². The zero-order chi connectivity index (χ0) is 21.9. The number of rotatable bonds is 6. The number of methoxy groups -OCH3 is 1. The van der Waals surface area contributed by atoms with Crippen LogP contribution in [-0.4, -0.2) is 75.8 Å². The van der Waals surface area contributed by atoms with E-state index in [0.29, 0.717) is 57.4 Å². The van der Waals surface area contributed by atoms with Crippen LogP contribution in [0.5, 0.6) is 5.75 Å². The molecule has 2 aliphatic rings. The third kappa shape index (κ3) is 5.67. The van der Waals surface area contributed by atoms with Crippen LogP contribution >= 0.6 is 0 Å². The zero-order valence-corrected chi connectivity index (χ0v) is 18.1. The molecule has 2 saturated heterocycles. The molecule has 30 heavy (non-hydrogen) atoms. The number of sulfonamides is 1. The van der Waals surface area contributed by atoms with Gasteiger partial charge < -0.3 is 9.47 Å². The van der Waals surface area contributed by atoms with Crippen molar-refractivity contribution < 1.29 is 31.5 Å². The molecule has 0 aliphatic carbocycles. The average molecular weight is 447 g/mol. The minimum absolute atomic E-state index is 0.0948. The van der Waals surface area contributed by atoms with Crippen LogP contribution in [0, 0.1) is 11.6 Å². The van der Waals surface area contributed by atoms with E-state index in [0.717, 1.165) is 0 Å². The zero-order valence-electron chi connectivity index (χ0n) is 17.3. The van der Waals surface area contributed by atoms with Gasteiger partial charge in [-0.15, -0.1) is 0 Å². The van der Waals surface area contributed by atoms with E-state index < -0.39 is 21.7 Å². The Morgan fingerprint density at radius 3 is 2.13 bits per heavy atom. The highest BCUT2D eigenvalue weighted by molar-refractivity contribution is 7.88. The summed E-state index contributed by atoms with van der Waals surface area (Å²) in [5, 5.41) is 0. The Morgan fingerprint density at radius 2 is 1.63 bits per heavy atom. The third-order valence-corrected chi connectivity index (χ3v) is 7.12. The lowest BCUT2D eigenvalue weighted by atomic mass is 9.90. The number of benzene rings is 1. The van der Waals surface area contributed by atoms with Crippen molar-refractivity contribution in [1.82, 2.24) is 9.21 Å². The lowest BCUT2D eigenvalue weighted by Gasteiger charge is -2.32. The van der Waals surface area contributed by atoms with Gasteiger partial charge >= 0.3 is 5.97 Å². The second-order valence-corrected chi connectivity index (χ2v) is 9.90. The summed E-state index contributed by atoms with van der Waals surface area (Å²) in [4.78, 5) is 13.3. The van der Waals surface area contributed by atoms with Gasteiger partial charge in [0.1, 0.15) is 6.10 Å². The molecule has 0 N–H and O–H groups in total. The second-order valence-electron chi connectivity index (χ2n) is 7.92. The summed E-state index contributed by atoms with van der Waals surface area (Å²) in [5.74, 6) is -2.27. The highest BCUT2D eigenvalue weighted by Crippen LogP contribution is 2.34. The first-order valence-corrected chi connectivity index (χ1v) is 11.9. The molecule has 0 bridgehead atoms. The Bertz CT molecular complexity index is 841. The molecule has 3 rings (SSSR count). The Kier molecular flexibility index (Phi) is 7.30. The molecule has 1 aromatic rings. The molecule has 0 amide bonds. The van der Waals surface area contributed by atoms with Gasteiger partial charge in [-0.2, -0.15) is 0 Å². The van der Waals surface area contributed by atoms with Crippen LogP contribution < -0.4 is 4.74 Å². The van der Waals surface area contributed by atoms with Crippen molar-refractivity contribution in [2.24, 2.45) is 0 Å². The first kappa shape index (κ1) is 22.9. The number of halogens is 2. The van der Waals surface area contributed by atoms with Gasteiger partial charge in [-0.1, -0.05) is 0 Å². The Hall–Kier alpha value is -1.78. The van der Waals surface area contributed by atoms with Gasteiger partial charge in [-0.05, 0) is 49.3 Å². The molecule has 2 fully saturated rings. The van der Waals surface area contributed by atoms with Crippen LogP contribution in [0.15, 0.2) is 12.1 Å². The van der Waals surface area contributed by atoms with Crippen LogP contribution in [0.3, 0.4) is 0 Å². The first-order valence-electron chi connectivity index (χ1n) is 10.1. The van der Waals surface area contributed by atoms with Crippen LogP contribution in [0.1, 0.15) is 37.2 Å². The van der Waals surface area contributed by atoms with E-state index in [2.05, 4.69) is 4.74 Å². The maximum atomic E-state index is 14.6. The molecule has 0 saturated carbocycles. The van der Waals surface area contributed by atoms with Crippen LogP contribution in [-0.2, 0) is 19.6 Å². The first-order chi connectivity index (χ1) is 14.2. The summed E-state index contributed by atoms with van der Waals surface area (Å²) in [6.07, 6.45) is 2.99. The van der Waals surface area contributed by atoms with Crippen molar-refractivity contribution in [3.05, 3.63) is 29.3 Å². The van der Waals surface area contributed by atoms with Crippen LogP contribution in [0.4, 0.5) is 8.78 Å². The number of piperidine rings is 2. The van der Waals surface area contributed by atoms with E-state index in [4.69, 9.17) is 4.74 Å². The van der Waals surface area contributed by atoms with E-state index in [9.17, 15) is 22.0 Å². The molecular weight excluding hydrogens is 418 g/mol. The summed E-state index contributed by atoms with van der Waals surface area (Å²) in [7, 11) is -1.91. The van der Waals surface area contributed by atoms with E-state index >= 15 is 0 Å². The third-order valence-electron chi connectivity index (χ3n) is 5.81. The maximum Gasteiger partial charge on any atom is 0.319 e. The fourth-order valence-electron chi connectivity index (χ4n) is 4.05. The maximum absolute atomic E-state index is 14.6. The quantitative estimate of drug-likeness (QED) is 0.623. The van der Waals surface area contributed by atoms with Crippen LogP contribution in [0.25, 0.3) is 0 Å². The Balaban J connectivity index is 1.59. The number of likely N-dealkylation sites (tertiary alicyclic amines) is 1. The van der Waals surface area contributed by atoms with Gasteiger partial charge in [0.15, 0.2) is 17.4 Å². The number of ether oxygens (including phenoxy) is 2. The highest BCUT2D eigenvalue weighted by Gasteiger charge is 2.28. The molecular formula is C20H28F2N2O5S. The van der Waals surface area contributed by atoms with Crippen LogP contribution in [0.2, 0.25) is 0 Å². The lowest BCUT2D eigenvalue weighted by Crippen LogP contribution is -2.41. The average Bonchev–Trinajstić information content (AvgIpc) is 2.71. The van der Waals surface area contributed by atoms with Crippen molar-refractivity contribution in [3.8, 4) is 5.75 Å². The monoisotopic (exact) mass is 446 g/mol. The van der Waals surface area contributed by atoms with E-state index in [1.807, 2.05) is 4.90 Å². The lowest BCUT2D eigenvalue weighted by molar-refractivity contribution is -0.142. The van der Waals surface area contributed by atoms with Crippen molar-refractivity contribution >= 4 is 16.0 Å². The Morgan fingerprint density at radius 1 is 1.07 bits per heavy atom. The fourth-order valence-corrected chi connectivity index (χ4v) is 4.92. The predicted octanol–water partition coefficient (Wildman–Crippen LogP) is 2.12. The van der Waals surface area contributed by atoms with Gasteiger partial charge in [-0.25, -0.2) is 21.5 Å². The number of carbonyl (C=O) groups is 1. The number of esters is 1. The van der Waals surface area contributed by atoms with Crippen molar-refractivity contribution in [2.75, 3.05) is 46.1 Å². The normalized spacial score (nSPS) is 20.3. The summed E-state index contributed by atoms with van der Waals surface area (Å²) in [6.45, 7) is 2.04. The van der Waals surface area contributed by atoms with Crippen molar-refractivity contribution in [3.63, 3.8) is 0 Å². The summed E-state index contributed by atoms with van der Waals surface area (Å²) >= 11 is 0. The fraction of sp³-hybridized carbons (Fsp3) is 0.650. The minimum Gasteiger partial charge on any atom is -0.484 e. The standard InChI is InChI=1S/C20H28F2N2O5S/c1-28-19(25)13-23-7-5-16(6-8-23)29-20-17(21)11-15(12-18(20)22)14-3-9-24(10-4-14)30(2,26)27/h11-12,14,16H,3-10,13H2,1-2H3. The molecule has 7 nitrogen and oxygen atoms in total. The van der Waals surface area contributed by atoms with E-state index in [1.165, 1.54) is 29.8 Å². The molecule has 0 aromatic heterocycles. The van der Waals surface area contributed by atoms with E-state index in [1.54, 1.807) is 0 Å². The van der Waals surface area contributed by atoms with Gasteiger partial charge in [-0.3, -0.25) is 9.69 Å². The van der Waals surface area contributed by atoms with Crippen molar-refractivity contribution in [2.45, 2.75) is 37.7 Å². The SMILES string of the molecule is COC(=O)CN1CCC(Oc2c(F)cc(C3CCN(S(C)(=O)=O)CC3)cc2F)CC1. The molecule has 1 aromatic carbocycles. The molecule has 10 heteroatoms. The van der Waals surface area contributed by atoms with Gasteiger partial charge in [0.05, 0.1) is 19.9 Å². The minimum atomic E-state index is -3.25. The Labute approximate surface area is 176 Å². The molecule has 0 radical (unpaired) electrons. The molecule has 2 aliphatic heterocycles. The van der Waals surface area contributed by atoms with Gasteiger partial charge in [0, 0.05) is 26.2 Å². The molecule has 0 spiro atoms. The second kappa shape index (κ2) is 9.57. The summed E-state index contributed by atoms with van der Waals surface area (Å²) in [6, 6.07) is 2.59. The smallest absolute Gasteiger partial charge is 0.319 e. The highest BCUT2D eigenvalue weighted by atomic mass is 32.2. The number of hydrogen-bond acceptors (Lipinski definition) is 6. The molecule has 168 valence electrons. The molecule has 2 heterocycles.